The first-order valence-corrected chi connectivity index (χ1v) is 16.9. The molecule has 0 aliphatic carbocycles. The highest BCUT2D eigenvalue weighted by molar-refractivity contribution is 6.04. The summed E-state index contributed by atoms with van der Waals surface area (Å²) in [4.78, 5) is 79.3. The van der Waals surface area contributed by atoms with Gasteiger partial charge in [-0.2, -0.15) is 0 Å². The third-order valence-electron chi connectivity index (χ3n) is 6.98. The van der Waals surface area contributed by atoms with Crippen molar-refractivity contribution >= 4 is 35.5 Å². The summed E-state index contributed by atoms with van der Waals surface area (Å²) in [5.41, 5.74) is 3.54. The Bertz CT molecular complexity index is 2110. The summed E-state index contributed by atoms with van der Waals surface area (Å²) >= 11 is 0. The number of hydrazine groups is 1. The van der Waals surface area contributed by atoms with Crippen molar-refractivity contribution in [3.63, 3.8) is 0 Å². The molecule has 0 unspecified atom stereocenters. The van der Waals surface area contributed by atoms with Crippen molar-refractivity contribution in [2.45, 2.75) is 79.9 Å². The first-order valence-electron chi connectivity index (χ1n) is 16.9. The third kappa shape index (κ3) is 11.5. The molecule has 0 bridgehead atoms. The lowest BCUT2D eigenvalue weighted by Gasteiger charge is -2.26. The first kappa shape index (κ1) is 40.3. The van der Waals surface area contributed by atoms with E-state index in [0.717, 1.165) is 10.7 Å². The van der Waals surface area contributed by atoms with Crippen molar-refractivity contribution in [2.24, 2.45) is 0 Å². The standard InChI is InChI=1S/C37H45N11O6/c1-22-20-48(21-40-22)33-38-18-25(19-39-33)12-13-27-16-26(17-28(43-27)44-29(50)14-15-46(10)34(51)53-36(4,5)6)31-30(23(2)49)32(42-24(3)41-31)45-47(11)35(52)54-37(7,8)9/h16-21H,14-15H2,1-11H3,(H,41,42,45)(H,43,44,50). The summed E-state index contributed by atoms with van der Waals surface area (Å²) in [6.45, 7) is 15.4. The van der Waals surface area contributed by atoms with Gasteiger partial charge in [-0.1, -0.05) is 5.92 Å². The van der Waals surface area contributed by atoms with Gasteiger partial charge in [0.05, 0.1) is 22.5 Å². The summed E-state index contributed by atoms with van der Waals surface area (Å²) < 4.78 is 12.5. The van der Waals surface area contributed by atoms with E-state index in [1.807, 2.05) is 6.92 Å². The lowest BCUT2D eigenvalue weighted by molar-refractivity contribution is -0.116. The van der Waals surface area contributed by atoms with E-state index in [1.165, 1.54) is 25.9 Å². The average Bonchev–Trinajstić information content (AvgIpc) is 3.50. The Hall–Kier alpha value is -6.44. The average molecular weight is 740 g/mol. The molecule has 0 radical (unpaired) electrons. The predicted molar refractivity (Wildman–Crippen MR) is 200 cm³/mol. The van der Waals surface area contributed by atoms with Gasteiger partial charge in [0.2, 0.25) is 11.9 Å². The van der Waals surface area contributed by atoms with Crippen LogP contribution in [0.4, 0.5) is 21.2 Å². The van der Waals surface area contributed by atoms with Crippen molar-refractivity contribution < 1.29 is 28.7 Å². The second-order valence-electron chi connectivity index (χ2n) is 14.3. The molecule has 2 N–H and O–H groups in total. The number of ketones is 1. The van der Waals surface area contributed by atoms with Gasteiger partial charge in [0.15, 0.2) is 11.6 Å². The maximum Gasteiger partial charge on any atom is 0.428 e. The van der Waals surface area contributed by atoms with Gasteiger partial charge >= 0.3 is 12.2 Å². The number of ether oxygens (including phenoxy) is 2. The molecule has 4 heterocycles. The Kier molecular flexibility index (Phi) is 12.3. The molecule has 0 atom stereocenters. The van der Waals surface area contributed by atoms with Crippen LogP contribution in [0.1, 0.15) is 88.0 Å². The Morgan fingerprint density at radius 3 is 2.11 bits per heavy atom. The lowest BCUT2D eigenvalue weighted by Crippen LogP contribution is -2.38. The largest absolute Gasteiger partial charge is 0.444 e. The summed E-state index contributed by atoms with van der Waals surface area (Å²) in [7, 11) is 2.98. The number of aromatic nitrogens is 7. The number of hydrogen-bond donors (Lipinski definition) is 2. The van der Waals surface area contributed by atoms with E-state index in [2.05, 4.69) is 52.5 Å². The topological polar surface area (TPSA) is 200 Å². The maximum absolute atomic E-state index is 13.2. The molecular weight excluding hydrogens is 694 g/mol. The minimum atomic E-state index is -0.767. The SMILES string of the molecule is CC(=O)c1c(NN(C)C(=O)OC(C)(C)C)nc(C)nc1-c1cc(C#Cc2cnc(-n3cnc(C)c3)nc2)nc(NC(=O)CCN(C)C(=O)OC(C)(C)C)c1. The number of amides is 3. The van der Waals surface area contributed by atoms with E-state index in [0.29, 0.717) is 17.1 Å². The number of hydrogen-bond acceptors (Lipinski definition) is 13. The van der Waals surface area contributed by atoms with E-state index < -0.39 is 35.1 Å². The number of rotatable bonds is 9. The number of carbonyl (C=O) groups excluding carboxylic acids is 4. The van der Waals surface area contributed by atoms with Crippen molar-refractivity contribution in [1.29, 1.82) is 0 Å². The third-order valence-corrected chi connectivity index (χ3v) is 6.98. The molecule has 54 heavy (non-hydrogen) atoms. The van der Waals surface area contributed by atoms with Crippen LogP contribution in [0.15, 0.2) is 37.1 Å². The minimum absolute atomic E-state index is 0.0592. The molecule has 0 aliphatic rings. The van der Waals surface area contributed by atoms with Gasteiger partial charge < -0.3 is 19.7 Å². The van der Waals surface area contributed by atoms with Gasteiger partial charge in [0.25, 0.3) is 0 Å². The van der Waals surface area contributed by atoms with Gasteiger partial charge in [-0.3, -0.25) is 19.6 Å². The molecule has 0 saturated heterocycles. The normalized spacial score (nSPS) is 11.2. The number of imidazole rings is 1. The number of Topliss-reactive ketones (excluding diaryl/α,β-unsaturated/α-hetero) is 1. The fourth-order valence-corrected chi connectivity index (χ4v) is 4.62. The molecule has 0 fully saturated rings. The summed E-state index contributed by atoms with van der Waals surface area (Å²) in [6, 6.07) is 3.15. The number of nitrogens with one attached hydrogen (secondary N) is 2. The fourth-order valence-electron chi connectivity index (χ4n) is 4.62. The van der Waals surface area contributed by atoms with Crippen molar-refractivity contribution in [1.82, 2.24) is 44.4 Å². The molecule has 4 aromatic heterocycles. The molecule has 3 amide bonds. The minimum Gasteiger partial charge on any atom is -0.444 e. The van der Waals surface area contributed by atoms with Crippen molar-refractivity contribution in [3.05, 3.63) is 65.4 Å². The first-order chi connectivity index (χ1) is 25.2. The molecule has 17 nitrogen and oxygen atoms in total. The number of aryl methyl sites for hydroxylation is 2. The van der Waals surface area contributed by atoms with Crippen LogP contribution in [-0.2, 0) is 14.3 Å². The number of anilines is 2. The van der Waals surface area contributed by atoms with E-state index in [1.54, 1.807) is 90.1 Å². The zero-order valence-corrected chi connectivity index (χ0v) is 32.4. The highest BCUT2D eigenvalue weighted by Gasteiger charge is 2.25. The van der Waals surface area contributed by atoms with Crippen LogP contribution in [0.5, 0.6) is 0 Å². The van der Waals surface area contributed by atoms with Gasteiger partial charge in [0, 0.05) is 51.2 Å². The molecule has 17 heteroatoms. The second-order valence-corrected chi connectivity index (χ2v) is 14.3. The molecule has 284 valence electrons. The van der Waals surface area contributed by atoms with E-state index in [9.17, 15) is 19.2 Å². The zero-order chi connectivity index (χ0) is 40.0. The fraction of sp³-hybridized carbons (Fsp3) is 0.405. The predicted octanol–water partition coefficient (Wildman–Crippen LogP) is 5.12. The van der Waals surface area contributed by atoms with Crippen LogP contribution in [0, 0.1) is 25.7 Å². The van der Waals surface area contributed by atoms with Crippen LogP contribution in [0.3, 0.4) is 0 Å². The smallest absolute Gasteiger partial charge is 0.428 e. The van der Waals surface area contributed by atoms with Crippen LogP contribution in [0.2, 0.25) is 0 Å². The lowest BCUT2D eigenvalue weighted by atomic mass is 10.0. The van der Waals surface area contributed by atoms with Gasteiger partial charge in [-0.05, 0) is 80.4 Å². The van der Waals surface area contributed by atoms with Crippen molar-refractivity contribution in [3.8, 4) is 29.0 Å². The zero-order valence-electron chi connectivity index (χ0n) is 32.4. The quantitative estimate of drug-likeness (QED) is 0.130. The summed E-state index contributed by atoms with van der Waals surface area (Å²) in [5.74, 6) is 5.99. The second kappa shape index (κ2) is 16.5. The van der Waals surface area contributed by atoms with Gasteiger partial charge in [0.1, 0.15) is 34.9 Å². The van der Waals surface area contributed by atoms with Gasteiger partial charge in [-0.25, -0.2) is 44.5 Å². The summed E-state index contributed by atoms with van der Waals surface area (Å²) in [6.07, 6.45) is 5.18. The number of nitrogens with zero attached hydrogens (tertiary/aromatic N) is 9. The van der Waals surface area contributed by atoms with E-state index in [4.69, 9.17) is 9.47 Å². The van der Waals surface area contributed by atoms with Gasteiger partial charge in [-0.15, -0.1) is 0 Å². The van der Waals surface area contributed by atoms with E-state index in [-0.39, 0.29) is 47.4 Å². The Morgan fingerprint density at radius 2 is 1.52 bits per heavy atom. The van der Waals surface area contributed by atoms with Crippen LogP contribution in [-0.4, -0.2) is 100 Å². The summed E-state index contributed by atoms with van der Waals surface area (Å²) in [5, 5.41) is 3.84. The Labute approximate surface area is 313 Å². The molecule has 4 rings (SSSR count). The maximum atomic E-state index is 13.2. The van der Waals surface area contributed by atoms with Crippen molar-refractivity contribution in [2.75, 3.05) is 31.4 Å². The molecule has 0 saturated carbocycles. The highest BCUT2D eigenvalue weighted by atomic mass is 16.6. The number of carbonyl (C=O) groups is 4. The van der Waals surface area contributed by atoms with Crippen LogP contribution < -0.4 is 10.7 Å². The molecule has 0 aromatic carbocycles. The molecule has 4 aromatic rings. The van der Waals surface area contributed by atoms with Crippen LogP contribution >= 0.6 is 0 Å². The van der Waals surface area contributed by atoms with Crippen LogP contribution in [0.25, 0.3) is 17.2 Å². The molecular formula is C37H45N11O6. The molecule has 0 spiro atoms. The number of pyridine rings is 1. The highest BCUT2D eigenvalue weighted by Crippen LogP contribution is 2.30. The Balaban J connectivity index is 1.72. The monoisotopic (exact) mass is 739 g/mol. The van der Waals surface area contributed by atoms with E-state index >= 15 is 0 Å². The Morgan fingerprint density at radius 1 is 0.870 bits per heavy atom. The molecule has 0 aliphatic heterocycles.